The summed E-state index contributed by atoms with van der Waals surface area (Å²) in [6.07, 6.45) is 4.10. The zero-order valence-corrected chi connectivity index (χ0v) is 16.5. The van der Waals surface area contributed by atoms with Gasteiger partial charge in [-0.1, -0.05) is 33.6 Å². The summed E-state index contributed by atoms with van der Waals surface area (Å²) in [5, 5.41) is 4.60. The van der Waals surface area contributed by atoms with Crippen LogP contribution in [0.4, 0.5) is 4.79 Å². The van der Waals surface area contributed by atoms with E-state index in [1.807, 2.05) is 11.8 Å². The normalized spacial score (nSPS) is 28.0. The third-order valence-electron chi connectivity index (χ3n) is 5.69. The van der Waals surface area contributed by atoms with E-state index in [0.717, 1.165) is 19.3 Å². The van der Waals surface area contributed by atoms with Crippen LogP contribution < -0.4 is 10.6 Å². The second-order valence-electron chi connectivity index (χ2n) is 7.69. The zero-order chi connectivity index (χ0) is 20.0. The molecule has 0 radical (unpaired) electrons. The summed E-state index contributed by atoms with van der Waals surface area (Å²) in [4.78, 5) is 49.5. The summed E-state index contributed by atoms with van der Waals surface area (Å²) in [6.45, 7) is 6.54. The lowest BCUT2D eigenvalue weighted by Gasteiger charge is -2.39. The van der Waals surface area contributed by atoms with E-state index in [1.54, 1.807) is 0 Å². The van der Waals surface area contributed by atoms with Crippen molar-refractivity contribution in [3.05, 3.63) is 0 Å². The van der Waals surface area contributed by atoms with Crippen LogP contribution in [0.25, 0.3) is 0 Å². The molecule has 0 aromatic carbocycles. The molecule has 1 heterocycles. The molecule has 8 heteroatoms. The molecule has 0 spiro atoms. The Morgan fingerprint density at radius 2 is 1.96 bits per heavy atom. The molecule has 4 amide bonds. The van der Waals surface area contributed by atoms with Crippen molar-refractivity contribution < 1.29 is 23.9 Å². The first kappa shape index (κ1) is 21.2. The summed E-state index contributed by atoms with van der Waals surface area (Å²) >= 11 is 0. The van der Waals surface area contributed by atoms with Gasteiger partial charge in [0.2, 0.25) is 5.91 Å². The number of hydrogen-bond acceptors (Lipinski definition) is 5. The maximum absolute atomic E-state index is 12.4. The average Bonchev–Trinajstić information content (AvgIpc) is 3.02. The molecule has 0 aromatic rings. The number of likely N-dealkylation sites (tertiary alicyclic amines) is 1. The Kier molecular flexibility index (Phi) is 7.62. The number of amides is 4. The predicted octanol–water partition coefficient (Wildman–Crippen LogP) is 1.44. The maximum atomic E-state index is 12.4. The summed E-state index contributed by atoms with van der Waals surface area (Å²) in [7, 11) is 0. The van der Waals surface area contributed by atoms with Crippen molar-refractivity contribution in [2.75, 3.05) is 19.7 Å². The van der Waals surface area contributed by atoms with Crippen molar-refractivity contribution in [1.29, 1.82) is 0 Å². The number of nitrogens with zero attached hydrogens (tertiary/aromatic N) is 1. The van der Waals surface area contributed by atoms with Crippen LogP contribution in [0.2, 0.25) is 0 Å². The number of hydrogen-bond donors (Lipinski definition) is 2. The molecule has 2 N–H and O–H groups in total. The molecule has 0 aromatic heterocycles. The minimum atomic E-state index is -0.687. The van der Waals surface area contributed by atoms with Gasteiger partial charge in [0.05, 0.1) is 5.92 Å². The molecule has 8 nitrogen and oxygen atoms in total. The van der Waals surface area contributed by atoms with Crippen molar-refractivity contribution in [2.24, 2.45) is 17.8 Å². The molecular weight excluding hydrogens is 350 g/mol. The lowest BCUT2D eigenvalue weighted by atomic mass is 9.77. The van der Waals surface area contributed by atoms with Gasteiger partial charge in [-0.15, -0.1) is 0 Å². The predicted molar refractivity (Wildman–Crippen MR) is 98.6 cm³/mol. The monoisotopic (exact) mass is 381 g/mol. The molecule has 1 aliphatic carbocycles. The van der Waals surface area contributed by atoms with Crippen molar-refractivity contribution in [2.45, 2.75) is 58.9 Å². The summed E-state index contributed by atoms with van der Waals surface area (Å²) in [5.74, 6) is -0.857. The van der Waals surface area contributed by atoms with E-state index in [-0.39, 0.29) is 18.4 Å². The molecule has 0 unspecified atom stereocenters. The Balaban J connectivity index is 1.80. The number of nitrogens with one attached hydrogen (secondary N) is 2. The van der Waals surface area contributed by atoms with Crippen LogP contribution >= 0.6 is 0 Å². The van der Waals surface area contributed by atoms with Gasteiger partial charge >= 0.3 is 12.0 Å². The largest absolute Gasteiger partial charge is 0.455 e. The number of carbonyl (C=O) groups is 4. The van der Waals surface area contributed by atoms with Gasteiger partial charge in [-0.25, -0.2) is 4.79 Å². The molecule has 2 aliphatic rings. The molecule has 1 saturated carbocycles. The lowest BCUT2D eigenvalue weighted by Crippen LogP contribution is -2.45. The van der Waals surface area contributed by atoms with Crippen molar-refractivity contribution in [3.8, 4) is 0 Å². The number of esters is 1. The van der Waals surface area contributed by atoms with Crippen LogP contribution in [0, 0.1) is 17.8 Å². The number of rotatable bonds is 6. The van der Waals surface area contributed by atoms with Gasteiger partial charge in [0.25, 0.3) is 5.91 Å². The quantitative estimate of drug-likeness (QED) is 0.678. The summed E-state index contributed by atoms with van der Waals surface area (Å²) < 4.78 is 5.02. The molecule has 152 valence electrons. The Labute approximate surface area is 160 Å². The molecule has 27 heavy (non-hydrogen) atoms. The van der Waals surface area contributed by atoms with Gasteiger partial charge < -0.3 is 15.0 Å². The molecule has 4 atom stereocenters. The first-order valence-electron chi connectivity index (χ1n) is 9.87. The van der Waals surface area contributed by atoms with E-state index in [2.05, 4.69) is 24.5 Å². The molecule has 2 rings (SSSR count). The highest BCUT2D eigenvalue weighted by atomic mass is 16.5. The van der Waals surface area contributed by atoms with Crippen molar-refractivity contribution in [3.63, 3.8) is 0 Å². The van der Waals surface area contributed by atoms with Crippen LogP contribution in [-0.2, 0) is 19.1 Å². The fraction of sp³-hybridized carbons (Fsp3) is 0.789. The minimum Gasteiger partial charge on any atom is -0.455 e. The third-order valence-corrected chi connectivity index (χ3v) is 5.69. The highest BCUT2D eigenvalue weighted by molar-refractivity contribution is 5.96. The Bertz CT molecular complexity index is 580. The van der Waals surface area contributed by atoms with Crippen LogP contribution in [0.1, 0.15) is 52.9 Å². The van der Waals surface area contributed by atoms with Gasteiger partial charge in [-0.2, -0.15) is 0 Å². The van der Waals surface area contributed by atoms with E-state index in [0.29, 0.717) is 24.9 Å². The van der Waals surface area contributed by atoms with Crippen LogP contribution in [0.15, 0.2) is 0 Å². The van der Waals surface area contributed by atoms with Crippen LogP contribution in [-0.4, -0.2) is 54.5 Å². The van der Waals surface area contributed by atoms with E-state index in [4.69, 9.17) is 4.74 Å². The van der Waals surface area contributed by atoms with E-state index < -0.39 is 30.4 Å². The molecule has 2 fully saturated rings. The molecule has 1 saturated heterocycles. The van der Waals surface area contributed by atoms with E-state index in [1.165, 1.54) is 6.42 Å². The highest BCUT2D eigenvalue weighted by Crippen LogP contribution is 2.35. The van der Waals surface area contributed by atoms with Crippen LogP contribution in [0.5, 0.6) is 0 Å². The SMILES string of the molecule is CCCNC(=O)NC(=O)COC(=O)[C@@H]1CC(=O)N([C@H]2CCC[C@H](C)[C@@H]2C)C1. The number of imide groups is 1. The molecule has 1 aliphatic heterocycles. The van der Waals surface area contributed by atoms with Gasteiger partial charge in [0.15, 0.2) is 6.61 Å². The van der Waals surface area contributed by atoms with Crippen molar-refractivity contribution >= 4 is 23.8 Å². The second kappa shape index (κ2) is 9.71. The second-order valence-corrected chi connectivity index (χ2v) is 7.69. The van der Waals surface area contributed by atoms with Gasteiger partial charge in [-0.3, -0.25) is 19.7 Å². The van der Waals surface area contributed by atoms with Crippen LogP contribution in [0.3, 0.4) is 0 Å². The first-order valence-corrected chi connectivity index (χ1v) is 9.87. The number of ether oxygens (including phenoxy) is 1. The average molecular weight is 381 g/mol. The fourth-order valence-electron chi connectivity index (χ4n) is 3.90. The Morgan fingerprint density at radius 3 is 2.67 bits per heavy atom. The lowest BCUT2D eigenvalue weighted by molar-refractivity contribution is -0.152. The number of urea groups is 1. The molecule has 0 bridgehead atoms. The van der Waals surface area contributed by atoms with Gasteiger partial charge in [0.1, 0.15) is 0 Å². The van der Waals surface area contributed by atoms with Gasteiger partial charge in [0, 0.05) is 25.6 Å². The minimum absolute atomic E-state index is 0.0219. The maximum Gasteiger partial charge on any atom is 0.321 e. The Morgan fingerprint density at radius 1 is 1.22 bits per heavy atom. The topological polar surface area (TPSA) is 105 Å². The molecular formula is C19H31N3O5. The van der Waals surface area contributed by atoms with Gasteiger partial charge in [-0.05, 0) is 24.7 Å². The van der Waals surface area contributed by atoms with E-state index in [9.17, 15) is 19.2 Å². The Hall–Kier alpha value is -2.12. The van der Waals surface area contributed by atoms with E-state index >= 15 is 0 Å². The highest BCUT2D eigenvalue weighted by Gasteiger charge is 2.42. The number of carbonyl (C=O) groups excluding carboxylic acids is 4. The summed E-state index contributed by atoms with van der Waals surface area (Å²) in [5.41, 5.74) is 0. The summed E-state index contributed by atoms with van der Waals surface area (Å²) in [6, 6.07) is -0.440. The standard InChI is InChI=1S/C19H31N3O5/c1-4-8-20-19(26)21-16(23)11-27-18(25)14-9-17(24)22(10-14)15-7-5-6-12(2)13(15)3/h12-15H,4-11H2,1-3H3,(H2,20,21,23,26)/t12-,13-,14+,15-/m0/s1. The third kappa shape index (κ3) is 5.68. The first-order chi connectivity index (χ1) is 12.8. The fourth-order valence-corrected chi connectivity index (χ4v) is 3.90. The van der Waals surface area contributed by atoms with Crippen molar-refractivity contribution in [1.82, 2.24) is 15.5 Å². The zero-order valence-electron chi connectivity index (χ0n) is 16.5. The smallest absolute Gasteiger partial charge is 0.321 e.